The van der Waals surface area contributed by atoms with Gasteiger partial charge in [0, 0.05) is 5.69 Å². The molecular weight excluding hydrogens is 360 g/mol. The van der Waals surface area contributed by atoms with Crippen LogP contribution in [0.1, 0.15) is 33.5 Å². The molecule has 1 amide bonds. The summed E-state index contributed by atoms with van der Waals surface area (Å²) in [6, 6.07) is 13.8. The number of nitrogens with zero attached hydrogens (tertiary/aromatic N) is 3. The number of nitrogens with one attached hydrogen (secondary N) is 1. The van der Waals surface area contributed by atoms with Gasteiger partial charge in [0.1, 0.15) is 5.75 Å². The Labute approximate surface area is 162 Å². The molecule has 0 aliphatic carbocycles. The summed E-state index contributed by atoms with van der Waals surface area (Å²) in [6.45, 7) is 3.77. The van der Waals surface area contributed by atoms with E-state index in [0.29, 0.717) is 16.9 Å². The van der Waals surface area contributed by atoms with E-state index in [0.717, 1.165) is 11.4 Å². The number of anilines is 1. The molecule has 0 atom stereocenters. The molecule has 3 rings (SSSR count). The van der Waals surface area contributed by atoms with Crippen molar-refractivity contribution in [1.82, 2.24) is 15.0 Å². The zero-order chi connectivity index (χ0) is 20.1. The van der Waals surface area contributed by atoms with Crippen molar-refractivity contribution in [2.75, 3.05) is 19.0 Å². The molecule has 0 bridgehead atoms. The van der Waals surface area contributed by atoms with Gasteiger partial charge in [0.25, 0.3) is 5.91 Å². The Balaban J connectivity index is 1.79. The highest BCUT2D eigenvalue weighted by Gasteiger charge is 2.18. The first-order chi connectivity index (χ1) is 13.5. The Morgan fingerprint density at radius 3 is 2.57 bits per heavy atom. The van der Waals surface area contributed by atoms with Gasteiger partial charge in [0.2, 0.25) is 0 Å². The standard InChI is InChI=1S/C20H20N4O4/c1-4-28-20(26)14-6-5-7-15(12-14)21-19(25)18-13(2)24(23-22-18)16-8-10-17(27-3)11-9-16/h5-12H,4H2,1-3H3,(H,21,25). The van der Waals surface area contributed by atoms with Gasteiger partial charge in [-0.15, -0.1) is 5.10 Å². The third-order valence-corrected chi connectivity index (χ3v) is 4.06. The molecule has 0 spiro atoms. The lowest BCUT2D eigenvalue weighted by atomic mass is 10.2. The van der Waals surface area contributed by atoms with Crippen molar-refractivity contribution >= 4 is 17.6 Å². The Morgan fingerprint density at radius 1 is 1.14 bits per heavy atom. The molecule has 0 saturated heterocycles. The van der Waals surface area contributed by atoms with E-state index in [1.165, 1.54) is 0 Å². The van der Waals surface area contributed by atoms with Gasteiger partial charge in [-0.1, -0.05) is 11.3 Å². The molecule has 28 heavy (non-hydrogen) atoms. The van der Waals surface area contributed by atoms with Gasteiger partial charge >= 0.3 is 5.97 Å². The van der Waals surface area contributed by atoms with Gasteiger partial charge < -0.3 is 14.8 Å². The smallest absolute Gasteiger partial charge is 0.338 e. The maximum Gasteiger partial charge on any atom is 0.338 e. The van der Waals surface area contributed by atoms with Crippen LogP contribution in [-0.2, 0) is 4.74 Å². The van der Waals surface area contributed by atoms with Gasteiger partial charge in [-0.2, -0.15) is 0 Å². The molecule has 8 heteroatoms. The summed E-state index contributed by atoms with van der Waals surface area (Å²) in [5.74, 6) is -0.139. The number of carbonyl (C=O) groups is 2. The highest BCUT2D eigenvalue weighted by atomic mass is 16.5. The minimum atomic E-state index is -0.444. The van der Waals surface area contributed by atoms with E-state index in [-0.39, 0.29) is 12.3 Å². The van der Waals surface area contributed by atoms with E-state index < -0.39 is 11.9 Å². The Hall–Kier alpha value is -3.68. The van der Waals surface area contributed by atoms with Gasteiger partial charge in [0.15, 0.2) is 5.69 Å². The molecule has 0 saturated carbocycles. The largest absolute Gasteiger partial charge is 0.497 e. The average molecular weight is 380 g/mol. The molecule has 0 unspecified atom stereocenters. The normalized spacial score (nSPS) is 10.4. The molecule has 1 aromatic heterocycles. The SMILES string of the molecule is CCOC(=O)c1cccc(NC(=O)c2nnn(-c3ccc(OC)cc3)c2C)c1. The van der Waals surface area contributed by atoms with Crippen molar-refractivity contribution in [2.45, 2.75) is 13.8 Å². The number of amides is 1. The van der Waals surface area contributed by atoms with Crippen molar-refractivity contribution in [3.63, 3.8) is 0 Å². The molecule has 1 heterocycles. The minimum absolute atomic E-state index is 0.192. The molecular formula is C20H20N4O4. The molecule has 3 aromatic rings. The Morgan fingerprint density at radius 2 is 1.89 bits per heavy atom. The van der Waals surface area contributed by atoms with Gasteiger partial charge in [-0.25, -0.2) is 9.48 Å². The number of methoxy groups -OCH3 is 1. The summed E-state index contributed by atoms with van der Waals surface area (Å²) >= 11 is 0. The van der Waals surface area contributed by atoms with Crippen LogP contribution in [0.2, 0.25) is 0 Å². The lowest BCUT2D eigenvalue weighted by Crippen LogP contribution is -2.15. The van der Waals surface area contributed by atoms with Crippen LogP contribution in [0.4, 0.5) is 5.69 Å². The van der Waals surface area contributed by atoms with Crippen molar-refractivity contribution in [1.29, 1.82) is 0 Å². The van der Waals surface area contributed by atoms with Gasteiger partial charge in [-0.05, 0) is 56.3 Å². The van der Waals surface area contributed by atoms with Crippen molar-refractivity contribution in [2.24, 2.45) is 0 Å². The second-order valence-corrected chi connectivity index (χ2v) is 5.89. The average Bonchev–Trinajstić information content (AvgIpc) is 3.10. The van der Waals surface area contributed by atoms with Crippen molar-refractivity contribution < 1.29 is 19.1 Å². The summed E-state index contributed by atoms with van der Waals surface area (Å²) in [7, 11) is 1.59. The molecule has 8 nitrogen and oxygen atoms in total. The lowest BCUT2D eigenvalue weighted by Gasteiger charge is -2.07. The number of hydrogen-bond acceptors (Lipinski definition) is 6. The van der Waals surface area contributed by atoms with E-state index in [4.69, 9.17) is 9.47 Å². The Kier molecular flexibility index (Phi) is 5.69. The van der Waals surface area contributed by atoms with Crippen LogP contribution in [-0.4, -0.2) is 40.6 Å². The molecule has 0 aliphatic rings. The zero-order valence-electron chi connectivity index (χ0n) is 15.8. The highest BCUT2D eigenvalue weighted by molar-refractivity contribution is 6.04. The predicted octanol–water partition coefficient (Wildman–Crippen LogP) is 3.01. The third kappa shape index (κ3) is 4.01. The quantitative estimate of drug-likeness (QED) is 0.661. The summed E-state index contributed by atoms with van der Waals surface area (Å²) in [6.07, 6.45) is 0. The predicted molar refractivity (Wildman–Crippen MR) is 103 cm³/mol. The number of hydrogen-bond donors (Lipinski definition) is 1. The summed E-state index contributed by atoms with van der Waals surface area (Å²) in [5, 5.41) is 10.8. The number of ether oxygens (including phenoxy) is 2. The van der Waals surface area contributed by atoms with Crippen LogP contribution in [0.15, 0.2) is 48.5 Å². The molecule has 0 aliphatic heterocycles. The fourth-order valence-electron chi connectivity index (χ4n) is 2.64. The van der Waals surface area contributed by atoms with E-state index in [1.54, 1.807) is 62.0 Å². The molecule has 144 valence electrons. The van der Waals surface area contributed by atoms with Gasteiger partial charge in [-0.3, -0.25) is 4.79 Å². The monoisotopic (exact) mass is 380 g/mol. The molecule has 1 N–H and O–H groups in total. The van der Waals surface area contributed by atoms with E-state index in [9.17, 15) is 9.59 Å². The number of benzene rings is 2. The third-order valence-electron chi connectivity index (χ3n) is 4.06. The highest BCUT2D eigenvalue weighted by Crippen LogP contribution is 2.18. The topological polar surface area (TPSA) is 95.3 Å². The van der Waals surface area contributed by atoms with Crippen LogP contribution in [0.3, 0.4) is 0 Å². The summed E-state index contributed by atoms with van der Waals surface area (Å²) in [4.78, 5) is 24.5. The fourth-order valence-corrected chi connectivity index (χ4v) is 2.64. The summed E-state index contributed by atoms with van der Waals surface area (Å²) in [5.41, 5.74) is 2.36. The first kappa shape index (κ1) is 19.1. The Bertz CT molecular complexity index is 996. The van der Waals surface area contributed by atoms with Gasteiger partial charge in [0.05, 0.1) is 30.7 Å². The van der Waals surface area contributed by atoms with Crippen LogP contribution >= 0.6 is 0 Å². The zero-order valence-corrected chi connectivity index (χ0v) is 15.8. The van der Waals surface area contributed by atoms with Crippen LogP contribution in [0, 0.1) is 6.92 Å². The van der Waals surface area contributed by atoms with Crippen molar-refractivity contribution in [3.8, 4) is 11.4 Å². The number of aromatic nitrogens is 3. The fraction of sp³-hybridized carbons (Fsp3) is 0.200. The molecule has 0 radical (unpaired) electrons. The van der Waals surface area contributed by atoms with Crippen molar-refractivity contribution in [3.05, 3.63) is 65.5 Å². The first-order valence-corrected chi connectivity index (χ1v) is 8.68. The van der Waals surface area contributed by atoms with Crippen LogP contribution in [0.25, 0.3) is 5.69 Å². The number of carbonyl (C=O) groups excluding carboxylic acids is 2. The maximum atomic E-state index is 12.6. The minimum Gasteiger partial charge on any atom is -0.497 e. The second-order valence-electron chi connectivity index (χ2n) is 5.89. The maximum absolute atomic E-state index is 12.6. The van der Waals surface area contributed by atoms with Crippen LogP contribution < -0.4 is 10.1 Å². The second kappa shape index (κ2) is 8.34. The van der Waals surface area contributed by atoms with E-state index in [1.807, 2.05) is 12.1 Å². The first-order valence-electron chi connectivity index (χ1n) is 8.68. The molecule has 0 fully saturated rings. The van der Waals surface area contributed by atoms with E-state index in [2.05, 4.69) is 15.6 Å². The molecule has 2 aromatic carbocycles. The number of rotatable bonds is 6. The lowest BCUT2D eigenvalue weighted by molar-refractivity contribution is 0.0526. The van der Waals surface area contributed by atoms with E-state index >= 15 is 0 Å². The number of esters is 1. The summed E-state index contributed by atoms with van der Waals surface area (Å²) < 4.78 is 11.7. The van der Waals surface area contributed by atoms with Crippen LogP contribution in [0.5, 0.6) is 5.75 Å².